The van der Waals surface area contributed by atoms with Gasteiger partial charge in [-0.05, 0) is 19.0 Å². The first kappa shape index (κ1) is 43.8. The second-order valence-electron chi connectivity index (χ2n) is 14.0. The van der Waals surface area contributed by atoms with Gasteiger partial charge in [0.2, 0.25) is 7.42 Å². The summed E-state index contributed by atoms with van der Waals surface area (Å²) in [5, 5.41) is 0. The summed E-state index contributed by atoms with van der Waals surface area (Å²) in [7, 11) is -1.34. The Morgan fingerprint density at radius 1 is 0.233 bits per heavy atom. The van der Waals surface area contributed by atoms with E-state index in [2.05, 4.69) is 0 Å². The van der Waals surface area contributed by atoms with E-state index in [1.165, 1.54) is 238 Å². The van der Waals surface area contributed by atoms with Crippen LogP contribution in [0.1, 0.15) is 238 Å². The zero-order valence-corrected chi connectivity index (χ0v) is 32.2. The van der Waals surface area contributed by atoms with Gasteiger partial charge in [-0.1, -0.05) is 231 Å². The fraction of sp³-hybridized carbons (Fsp3) is 1.00. The number of rotatable bonds is 39. The Morgan fingerprint density at radius 2 is 0.372 bits per heavy atom. The molecule has 0 aromatic rings. The van der Waals surface area contributed by atoms with Crippen LogP contribution in [0.25, 0.3) is 0 Å². The highest BCUT2D eigenvalue weighted by Crippen LogP contribution is 2.18. The van der Waals surface area contributed by atoms with E-state index < -0.39 is 7.42 Å². The molecule has 0 aliphatic carbocycles. The Morgan fingerprint density at radius 3 is 0.512 bits per heavy atom. The standard InChI is InChI=1S/C39H81Cl2NSi/c40-43(41)39-37-35-33-31-29-27-25-23-21-19-17-15-13-11-9-7-5-3-1-2-4-6-8-10-12-14-16-18-20-22-24-26-28-30-32-34-36-38-42/h43H,1-39,42H2. The minimum absolute atomic E-state index is 0.872. The summed E-state index contributed by atoms with van der Waals surface area (Å²) < 4.78 is 0. The maximum atomic E-state index is 5.91. The molecule has 0 radical (unpaired) electrons. The number of nitrogens with two attached hydrogens (primary N) is 1. The summed E-state index contributed by atoms with van der Waals surface area (Å²) >= 11 is 11.8. The highest BCUT2D eigenvalue weighted by molar-refractivity contribution is 7.33. The average molecular weight is 663 g/mol. The topological polar surface area (TPSA) is 26.0 Å². The molecule has 2 N–H and O–H groups in total. The first-order chi connectivity index (χ1) is 21.3. The summed E-state index contributed by atoms with van der Waals surface area (Å²) in [6.07, 6.45) is 53.5. The summed E-state index contributed by atoms with van der Waals surface area (Å²) in [5.74, 6) is 0. The minimum Gasteiger partial charge on any atom is -0.330 e. The van der Waals surface area contributed by atoms with Gasteiger partial charge >= 0.3 is 0 Å². The fourth-order valence-corrected chi connectivity index (χ4v) is 8.15. The molecule has 0 fully saturated rings. The Bertz CT molecular complexity index is 476. The van der Waals surface area contributed by atoms with Gasteiger partial charge in [0.15, 0.2) is 0 Å². The van der Waals surface area contributed by atoms with Gasteiger partial charge in [0.25, 0.3) is 0 Å². The van der Waals surface area contributed by atoms with Crippen LogP contribution in [-0.4, -0.2) is 14.0 Å². The van der Waals surface area contributed by atoms with Gasteiger partial charge in [-0.3, -0.25) is 0 Å². The molecule has 0 atom stereocenters. The number of hydrogen-bond acceptors (Lipinski definition) is 1. The molecule has 0 aliphatic rings. The monoisotopic (exact) mass is 662 g/mol. The molecule has 0 aromatic heterocycles. The van der Waals surface area contributed by atoms with E-state index in [9.17, 15) is 0 Å². The fourth-order valence-electron chi connectivity index (χ4n) is 6.63. The van der Waals surface area contributed by atoms with Crippen LogP contribution in [0.5, 0.6) is 0 Å². The van der Waals surface area contributed by atoms with Gasteiger partial charge in [0, 0.05) is 0 Å². The molecular formula is C39H81Cl2NSi. The van der Waals surface area contributed by atoms with E-state index in [0.29, 0.717) is 0 Å². The SMILES string of the molecule is NCCCCCCCCCCCCCCCCCCCCCCCCCCCCCCCCCCCCCCC[SiH](Cl)Cl. The molecule has 0 spiro atoms. The minimum atomic E-state index is -1.34. The Labute approximate surface area is 284 Å². The van der Waals surface area contributed by atoms with Crippen molar-refractivity contribution in [1.82, 2.24) is 0 Å². The zero-order chi connectivity index (χ0) is 31.2. The Hall–Kier alpha value is 0.757. The summed E-state index contributed by atoms with van der Waals surface area (Å²) in [6.45, 7) is 0.872. The van der Waals surface area contributed by atoms with E-state index in [-0.39, 0.29) is 0 Å². The number of hydrogen-bond donors (Lipinski definition) is 1. The lowest BCUT2D eigenvalue weighted by atomic mass is 10.0. The number of unbranched alkanes of at least 4 members (excludes halogenated alkanes) is 36. The lowest BCUT2D eigenvalue weighted by Gasteiger charge is -2.05. The van der Waals surface area contributed by atoms with Gasteiger partial charge in [-0.2, -0.15) is 22.2 Å². The van der Waals surface area contributed by atoms with Crippen molar-refractivity contribution >= 4 is 29.6 Å². The van der Waals surface area contributed by atoms with Gasteiger partial charge in [-0.25, -0.2) is 0 Å². The second kappa shape index (κ2) is 40.8. The van der Waals surface area contributed by atoms with E-state index in [4.69, 9.17) is 27.9 Å². The van der Waals surface area contributed by atoms with Crippen molar-refractivity contribution in [3.05, 3.63) is 0 Å². The van der Waals surface area contributed by atoms with Crippen LogP contribution in [0.4, 0.5) is 0 Å². The Balaban J connectivity index is 3.03. The first-order valence-corrected chi connectivity index (χ1v) is 24.6. The van der Waals surface area contributed by atoms with Gasteiger partial charge < -0.3 is 5.73 Å². The number of halogens is 2. The summed E-state index contributed by atoms with van der Waals surface area (Å²) in [4.78, 5) is 0. The van der Waals surface area contributed by atoms with Crippen LogP contribution in [0, 0.1) is 0 Å². The van der Waals surface area contributed by atoms with Crippen molar-refractivity contribution in [1.29, 1.82) is 0 Å². The molecule has 0 aromatic carbocycles. The van der Waals surface area contributed by atoms with Crippen LogP contribution in [0.2, 0.25) is 6.04 Å². The molecule has 0 heterocycles. The summed E-state index contributed by atoms with van der Waals surface area (Å²) in [5.41, 5.74) is 5.55. The van der Waals surface area contributed by atoms with Crippen LogP contribution < -0.4 is 5.73 Å². The third-order valence-electron chi connectivity index (χ3n) is 9.63. The molecular weight excluding hydrogens is 581 g/mol. The molecule has 0 aliphatic heterocycles. The normalized spacial score (nSPS) is 11.7. The van der Waals surface area contributed by atoms with Gasteiger partial charge in [0.1, 0.15) is 0 Å². The molecule has 0 amide bonds. The van der Waals surface area contributed by atoms with Crippen molar-refractivity contribution < 1.29 is 0 Å². The zero-order valence-electron chi connectivity index (χ0n) is 29.5. The van der Waals surface area contributed by atoms with Crippen LogP contribution in [-0.2, 0) is 0 Å². The van der Waals surface area contributed by atoms with Gasteiger partial charge in [-0.15, -0.1) is 0 Å². The third kappa shape index (κ3) is 42.8. The maximum absolute atomic E-state index is 5.91. The smallest absolute Gasteiger partial charge is 0.237 e. The second-order valence-corrected chi connectivity index (χ2v) is 19.2. The average Bonchev–Trinajstić information content (AvgIpc) is 3.00. The maximum Gasteiger partial charge on any atom is 0.237 e. The highest BCUT2D eigenvalue weighted by Gasteiger charge is 2.01. The third-order valence-corrected chi connectivity index (χ3v) is 11.8. The van der Waals surface area contributed by atoms with E-state index in [1.54, 1.807) is 0 Å². The van der Waals surface area contributed by atoms with E-state index in [0.717, 1.165) is 12.6 Å². The molecule has 0 saturated heterocycles. The first-order valence-electron chi connectivity index (χ1n) is 20.3. The predicted octanol–water partition coefficient (Wildman–Crippen LogP) is 15.1. The van der Waals surface area contributed by atoms with Crippen molar-refractivity contribution in [3.8, 4) is 0 Å². The highest BCUT2D eigenvalue weighted by atomic mass is 35.7. The quantitative estimate of drug-likeness (QED) is 0.0396. The molecule has 260 valence electrons. The van der Waals surface area contributed by atoms with Crippen molar-refractivity contribution in [2.45, 2.75) is 244 Å². The van der Waals surface area contributed by atoms with Gasteiger partial charge in [0.05, 0.1) is 0 Å². The lowest BCUT2D eigenvalue weighted by molar-refractivity contribution is 0.510. The van der Waals surface area contributed by atoms with E-state index in [1.807, 2.05) is 0 Å². The molecule has 4 heteroatoms. The van der Waals surface area contributed by atoms with E-state index >= 15 is 0 Å². The van der Waals surface area contributed by atoms with Crippen LogP contribution in [0.15, 0.2) is 0 Å². The molecule has 0 bridgehead atoms. The lowest BCUT2D eigenvalue weighted by Crippen LogP contribution is -1.97. The predicted molar refractivity (Wildman–Crippen MR) is 204 cm³/mol. The molecule has 1 nitrogen and oxygen atoms in total. The molecule has 0 unspecified atom stereocenters. The van der Waals surface area contributed by atoms with Crippen molar-refractivity contribution in [2.75, 3.05) is 6.54 Å². The van der Waals surface area contributed by atoms with Crippen molar-refractivity contribution in [3.63, 3.8) is 0 Å². The van der Waals surface area contributed by atoms with Crippen LogP contribution in [0.3, 0.4) is 0 Å². The summed E-state index contributed by atoms with van der Waals surface area (Å²) in [6, 6.07) is 1.10. The molecule has 0 saturated carbocycles. The largest absolute Gasteiger partial charge is 0.330 e. The molecule has 43 heavy (non-hydrogen) atoms. The molecule has 0 rings (SSSR count). The Kier molecular flexibility index (Phi) is 41.5. The van der Waals surface area contributed by atoms with Crippen LogP contribution >= 0.6 is 22.2 Å². The van der Waals surface area contributed by atoms with Crippen molar-refractivity contribution in [2.24, 2.45) is 5.73 Å².